The summed E-state index contributed by atoms with van der Waals surface area (Å²) in [6.45, 7) is 1.98. The normalized spacial score (nSPS) is 10.2. The molecule has 4 nitrogen and oxygen atoms in total. The van der Waals surface area contributed by atoms with Crippen LogP contribution in [0, 0.1) is 17.0 Å². The average Bonchev–Trinajstić information content (AvgIpc) is 2.29. The average molecular weight is 229 g/mol. The topological polar surface area (TPSA) is 63.4 Å². The second-order valence-corrected chi connectivity index (χ2v) is 3.83. The van der Waals surface area contributed by atoms with Crippen molar-refractivity contribution in [1.29, 1.82) is 0 Å². The Morgan fingerprint density at radius 2 is 1.65 bits per heavy atom. The Morgan fingerprint density at radius 1 is 1.06 bits per heavy atom. The van der Waals surface area contributed by atoms with Gasteiger partial charge in [-0.25, -0.2) is 0 Å². The lowest BCUT2D eigenvalue weighted by atomic mass is 10.0. The Morgan fingerprint density at radius 3 is 2.18 bits per heavy atom. The molecule has 4 heteroatoms. The molecule has 2 aromatic carbocycles. The van der Waals surface area contributed by atoms with Gasteiger partial charge in [-0.1, -0.05) is 29.8 Å². The van der Waals surface area contributed by atoms with Gasteiger partial charge in [0.2, 0.25) is 0 Å². The molecule has 0 aliphatic heterocycles. The van der Waals surface area contributed by atoms with E-state index in [0.717, 1.165) is 16.7 Å². The molecule has 0 spiro atoms. The number of hydrogen-bond donors (Lipinski definition) is 1. The van der Waals surface area contributed by atoms with Crippen LogP contribution in [-0.4, -0.2) is 10.0 Å². The van der Waals surface area contributed by atoms with E-state index in [1.54, 1.807) is 6.07 Å². The highest BCUT2D eigenvalue weighted by Crippen LogP contribution is 2.31. The Kier molecular flexibility index (Phi) is 2.78. The fraction of sp³-hybridized carbons (Fsp3) is 0.0769. The molecule has 0 bridgehead atoms. The quantitative estimate of drug-likeness (QED) is 0.634. The number of hydrogen-bond acceptors (Lipinski definition) is 3. The van der Waals surface area contributed by atoms with Crippen molar-refractivity contribution in [1.82, 2.24) is 0 Å². The van der Waals surface area contributed by atoms with E-state index in [2.05, 4.69) is 0 Å². The zero-order chi connectivity index (χ0) is 12.4. The van der Waals surface area contributed by atoms with E-state index >= 15 is 0 Å². The fourth-order valence-electron chi connectivity index (χ4n) is 1.60. The summed E-state index contributed by atoms with van der Waals surface area (Å²) in [5.74, 6) is -0.312. The summed E-state index contributed by atoms with van der Waals surface area (Å²) in [5.41, 5.74) is 2.54. The lowest BCUT2D eigenvalue weighted by Crippen LogP contribution is -1.88. The van der Waals surface area contributed by atoms with Crippen LogP contribution in [0.1, 0.15) is 5.56 Å². The predicted molar refractivity (Wildman–Crippen MR) is 64.9 cm³/mol. The van der Waals surface area contributed by atoms with Crippen LogP contribution in [0.3, 0.4) is 0 Å². The van der Waals surface area contributed by atoms with Crippen molar-refractivity contribution in [3.8, 4) is 16.9 Å². The second-order valence-electron chi connectivity index (χ2n) is 3.83. The van der Waals surface area contributed by atoms with Crippen LogP contribution in [0.4, 0.5) is 5.69 Å². The highest BCUT2D eigenvalue weighted by Gasteiger charge is 2.13. The highest BCUT2D eigenvalue weighted by molar-refractivity contribution is 5.68. The van der Waals surface area contributed by atoms with E-state index < -0.39 is 4.92 Å². The Balaban J connectivity index is 2.44. The molecular weight excluding hydrogens is 218 g/mol. The molecule has 0 aliphatic carbocycles. The first-order chi connectivity index (χ1) is 8.08. The van der Waals surface area contributed by atoms with Gasteiger partial charge in [0.05, 0.1) is 4.92 Å². The lowest BCUT2D eigenvalue weighted by Gasteiger charge is -2.03. The number of aryl methyl sites for hydroxylation is 1. The smallest absolute Gasteiger partial charge is 0.310 e. The van der Waals surface area contributed by atoms with Crippen molar-refractivity contribution >= 4 is 5.69 Å². The van der Waals surface area contributed by atoms with E-state index in [1.807, 2.05) is 31.2 Å². The summed E-state index contributed by atoms with van der Waals surface area (Å²) >= 11 is 0. The Labute approximate surface area is 98.3 Å². The number of phenols is 1. The summed E-state index contributed by atoms with van der Waals surface area (Å²) in [5, 5.41) is 20.1. The maximum absolute atomic E-state index is 10.6. The van der Waals surface area contributed by atoms with Gasteiger partial charge >= 0.3 is 5.69 Å². The van der Waals surface area contributed by atoms with Crippen molar-refractivity contribution < 1.29 is 10.0 Å². The van der Waals surface area contributed by atoms with E-state index in [9.17, 15) is 15.2 Å². The predicted octanol–water partition coefficient (Wildman–Crippen LogP) is 3.28. The van der Waals surface area contributed by atoms with Gasteiger partial charge in [0.25, 0.3) is 0 Å². The molecule has 0 unspecified atom stereocenters. The maximum atomic E-state index is 10.6. The summed E-state index contributed by atoms with van der Waals surface area (Å²) in [7, 11) is 0. The van der Waals surface area contributed by atoms with Gasteiger partial charge in [0, 0.05) is 6.07 Å². The van der Waals surface area contributed by atoms with Gasteiger partial charge in [-0.3, -0.25) is 10.1 Å². The number of rotatable bonds is 2. The van der Waals surface area contributed by atoms with Gasteiger partial charge < -0.3 is 5.11 Å². The molecule has 0 saturated heterocycles. The summed E-state index contributed by atoms with van der Waals surface area (Å²) < 4.78 is 0. The molecule has 0 saturated carbocycles. The van der Waals surface area contributed by atoms with Crippen molar-refractivity contribution in [2.24, 2.45) is 0 Å². The molecule has 0 heterocycles. The maximum Gasteiger partial charge on any atom is 0.310 e. The summed E-state index contributed by atoms with van der Waals surface area (Å²) in [6, 6.07) is 12.1. The van der Waals surface area contributed by atoms with Crippen molar-refractivity contribution in [2.75, 3.05) is 0 Å². The van der Waals surface area contributed by atoms with Crippen LogP contribution in [0.2, 0.25) is 0 Å². The van der Waals surface area contributed by atoms with Gasteiger partial charge in [-0.05, 0) is 30.2 Å². The third-order valence-electron chi connectivity index (χ3n) is 2.56. The first kappa shape index (κ1) is 11.1. The molecule has 0 aromatic heterocycles. The van der Waals surface area contributed by atoms with Gasteiger partial charge in [-0.2, -0.15) is 0 Å². The molecule has 0 fully saturated rings. The van der Waals surface area contributed by atoms with Crippen LogP contribution >= 0.6 is 0 Å². The molecule has 0 atom stereocenters. The first-order valence-electron chi connectivity index (χ1n) is 5.12. The third kappa shape index (κ3) is 2.25. The van der Waals surface area contributed by atoms with Crippen molar-refractivity contribution in [3.05, 3.63) is 58.1 Å². The number of benzene rings is 2. The number of nitro benzene ring substituents is 1. The molecular formula is C13H11NO3. The van der Waals surface area contributed by atoms with Gasteiger partial charge in [0.15, 0.2) is 5.75 Å². The van der Waals surface area contributed by atoms with E-state index in [0.29, 0.717) is 0 Å². The minimum atomic E-state index is -0.603. The second kappa shape index (κ2) is 4.25. The standard InChI is InChI=1S/C13H11NO3/c1-9-2-4-10(5-3-9)11-6-7-12(14(16)17)13(15)8-11/h2-8,15H,1H3. The largest absolute Gasteiger partial charge is 0.502 e. The van der Waals surface area contributed by atoms with Crippen molar-refractivity contribution in [3.63, 3.8) is 0 Å². The van der Waals surface area contributed by atoms with Gasteiger partial charge in [-0.15, -0.1) is 0 Å². The Bertz CT molecular complexity index is 561. The zero-order valence-corrected chi connectivity index (χ0v) is 9.25. The molecule has 1 N–H and O–H groups in total. The first-order valence-corrected chi connectivity index (χ1v) is 5.12. The molecule has 86 valence electrons. The number of phenolic OH excluding ortho intramolecular Hbond substituents is 1. The van der Waals surface area contributed by atoms with E-state index in [4.69, 9.17) is 0 Å². The minimum absolute atomic E-state index is 0.277. The summed E-state index contributed by atoms with van der Waals surface area (Å²) in [4.78, 5) is 9.96. The third-order valence-corrected chi connectivity index (χ3v) is 2.56. The number of aromatic hydroxyl groups is 1. The molecule has 2 rings (SSSR count). The van der Waals surface area contributed by atoms with E-state index in [1.165, 1.54) is 12.1 Å². The van der Waals surface area contributed by atoms with Crippen LogP contribution in [0.5, 0.6) is 5.75 Å². The van der Waals surface area contributed by atoms with Crippen molar-refractivity contribution in [2.45, 2.75) is 6.92 Å². The number of nitrogens with zero attached hydrogens (tertiary/aromatic N) is 1. The van der Waals surface area contributed by atoms with Crippen LogP contribution in [0.25, 0.3) is 11.1 Å². The minimum Gasteiger partial charge on any atom is -0.502 e. The zero-order valence-electron chi connectivity index (χ0n) is 9.25. The molecule has 0 amide bonds. The monoisotopic (exact) mass is 229 g/mol. The molecule has 17 heavy (non-hydrogen) atoms. The Hall–Kier alpha value is -2.36. The molecule has 2 aromatic rings. The number of nitro groups is 1. The van der Waals surface area contributed by atoms with E-state index in [-0.39, 0.29) is 11.4 Å². The van der Waals surface area contributed by atoms with Crippen LogP contribution < -0.4 is 0 Å². The SMILES string of the molecule is Cc1ccc(-c2ccc([N+](=O)[O-])c(O)c2)cc1. The van der Waals surface area contributed by atoms with Crippen LogP contribution in [0.15, 0.2) is 42.5 Å². The fourth-order valence-corrected chi connectivity index (χ4v) is 1.60. The van der Waals surface area contributed by atoms with Gasteiger partial charge in [0.1, 0.15) is 0 Å². The highest BCUT2D eigenvalue weighted by atomic mass is 16.6. The molecule has 0 radical (unpaired) electrons. The summed E-state index contributed by atoms with van der Waals surface area (Å²) in [6.07, 6.45) is 0. The molecule has 0 aliphatic rings. The lowest BCUT2D eigenvalue weighted by molar-refractivity contribution is -0.385. The van der Waals surface area contributed by atoms with Crippen LogP contribution in [-0.2, 0) is 0 Å².